The quantitative estimate of drug-likeness (QED) is 0.399. The van der Waals surface area contributed by atoms with Crippen LogP contribution in [-0.2, 0) is 0 Å². The maximum atomic E-state index is 11.9. The topological polar surface area (TPSA) is 130 Å². The van der Waals surface area contributed by atoms with Gasteiger partial charge >= 0.3 is 6.01 Å². The molecule has 0 fully saturated rings. The molecule has 2 aromatic heterocycles. The number of primary amides is 1. The number of hydrogen-bond acceptors (Lipinski definition) is 9. The molecule has 0 saturated carbocycles. The van der Waals surface area contributed by atoms with E-state index < -0.39 is 5.91 Å². The van der Waals surface area contributed by atoms with Gasteiger partial charge in [-0.05, 0) is 36.4 Å². The third-order valence-corrected chi connectivity index (χ3v) is 4.49. The van der Waals surface area contributed by atoms with Crippen LogP contribution in [0.3, 0.4) is 0 Å². The summed E-state index contributed by atoms with van der Waals surface area (Å²) < 4.78 is 0. The Balaban J connectivity index is 1.45. The summed E-state index contributed by atoms with van der Waals surface area (Å²) in [5, 5.41) is 5.45. The molecule has 4 aromatic rings. The first-order valence-electron chi connectivity index (χ1n) is 9.05. The van der Waals surface area contributed by atoms with Crippen LogP contribution in [0.4, 0.5) is 22.9 Å². The van der Waals surface area contributed by atoms with Crippen molar-refractivity contribution in [3.05, 3.63) is 72.6 Å². The molecule has 5 N–H and O–H groups in total. The van der Waals surface area contributed by atoms with Gasteiger partial charge in [0.2, 0.25) is 0 Å². The lowest BCUT2D eigenvalue weighted by molar-refractivity contribution is 0.1000. The van der Waals surface area contributed by atoms with Gasteiger partial charge in [-0.2, -0.15) is 4.98 Å². The van der Waals surface area contributed by atoms with E-state index in [0.29, 0.717) is 5.69 Å². The zero-order valence-electron chi connectivity index (χ0n) is 15.5. The van der Waals surface area contributed by atoms with Crippen molar-refractivity contribution >= 4 is 39.7 Å². The number of pyridine rings is 1. The van der Waals surface area contributed by atoms with E-state index in [1.807, 2.05) is 54.6 Å². The Hall–Kier alpha value is -4.44. The van der Waals surface area contributed by atoms with Gasteiger partial charge in [-0.1, -0.05) is 18.2 Å². The molecule has 0 unspecified atom stereocenters. The maximum absolute atomic E-state index is 11.9. The summed E-state index contributed by atoms with van der Waals surface area (Å²) in [5.74, 6) is -0.422. The van der Waals surface area contributed by atoms with Crippen molar-refractivity contribution in [1.29, 1.82) is 0 Å². The van der Waals surface area contributed by atoms with Crippen molar-refractivity contribution in [1.82, 2.24) is 20.5 Å². The molecule has 1 aliphatic rings. The Labute approximate surface area is 170 Å². The Morgan fingerprint density at radius 1 is 1.10 bits per heavy atom. The standard InChI is InChI=1S/C20H16N8O2/c21-18(29)14-11-23-20(30-28-17-6-2-1-5-16(17)26-27-28)25-19(14)24-13-7-8-15-12(10-13)4-3-9-22-15/h1-11,26-27H,(H2,21,29)(H,23,24,25). The average Bonchev–Trinajstić information content (AvgIpc) is 3.16. The molecule has 3 heterocycles. The highest BCUT2D eigenvalue weighted by Crippen LogP contribution is 2.29. The molecule has 0 aliphatic carbocycles. The van der Waals surface area contributed by atoms with Gasteiger partial charge in [-0.25, -0.2) is 4.98 Å². The Morgan fingerprint density at radius 3 is 2.90 bits per heavy atom. The lowest BCUT2D eigenvalue weighted by Crippen LogP contribution is -2.39. The number of hydrazine groups is 2. The summed E-state index contributed by atoms with van der Waals surface area (Å²) in [7, 11) is 0. The van der Waals surface area contributed by atoms with E-state index in [1.54, 1.807) is 6.20 Å². The maximum Gasteiger partial charge on any atom is 0.347 e. The molecule has 0 radical (unpaired) electrons. The van der Waals surface area contributed by atoms with Crippen molar-refractivity contribution in [3.8, 4) is 6.01 Å². The SMILES string of the molecule is NC(=O)c1cnc(ON2NNc3ccccc32)nc1Nc1ccc2ncccc2c1. The van der Waals surface area contributed by atoms with Gasteiger partial charge < -0.3 is 15.9 Å². The van der Waals surface area contributed by atoms with Crippen LogP contribution in [0.1, 0.15) is 10.4 Å². The number of hydrogen-bond donors (Lipinski definition) is 4. The van der Waals surface area contributed by atoms with E-state index in [1.165, 1.54) is 11.4 Å². The van der Waals surface area contributed by atoms with Crippen molar-refractivity contribution in [3.63, 3.8) is 0 Å². The summed E-state index contributed by atoms with van der Waals surface area (Å²) in [6.45, 7) is 0. The van der Waals surface area contributed by atoms with Crippen molar-refractivity contribution < 1.29 is 9.63 Å². The highest BCUT2D eigenvalue weighted by atomic mass is 16.7. The largest absolute Gasteiger partial charge is 0.365 e. The van der Waals surface area contributed by atoms with Crippen LogP contribution in [-0.4, -0.2) is 20.9 Å². The van der Waals surface area contributed by atoms with Crippen LogP contribution in [0.15, 0.2) is 67.0 Å². The molecular formula is C20H16N8O2. The second kappa shape index (κ2) is 7.18. The van der Waals surface area contributed by atoms with Crippen molar-refractivity contribution in [2.24, 2.45) is 5.73 Å². The zero-order chi connectivity index (χ0) is 20.5. The average molecular weight is 400 g/mol. The number of rotatable bonds is 5. The molecule has 2 aromatic carbocycles. The van der Waals surface area contributed by atoms with Gasteiger partial charge in [0.1, 0.15) is 11.3 Å². The highest BCUT2D eigenvalue weighted by molar-refractivity contribution is 5.98. The summed E-state index contributed by atoms with van der Waals surface area (Å²) in [5.41, 5.74) is 14.6. The van der Waals surface area contributed by atoms with Gasteiger partial charge in [-0.15, -0.1) is 10.7 Å². The first-order chi connectivity index (χ1) is 14.7. The van der Waals surface area contributed by atoms with Gasteiger partial charge in [-0.3, -0.25) is 15.2 Å². The van der Waals surface area contributed by atoms with Crippen LogP contribution in [0.25, 0.3) is 10.9 Å². The second-order valence-corrected chi connectivity index (χ2v) is 6.45. The van der Waals surface area contributed by atoms with Crippen LogP contribution in [0, 0.1) is 0 Å². The fourth-order valence-electron chi connectivity index (χ4n) is 3.06. The number of benzene rings is 2. The van der Waals surface area contributed by atoms with Crippen molar-refractivity contribution in [2.45, 2.75) is 0 Å². The molecular weight excluding hydrogens is 384 g/mol. The number of nitrogens with zero attached hydrogens (tertiary/aromatic N) is 4. The van der Waals surface area contributed by atoms with Crippen molar-refractivity contribution in [2.75, 3.05) is 15.9 Å². The minimum Gasteiger partial charge on any atom is -0.365 e. The molecule has 10 nitrogen and oxygen atoms in total. The second-order valence-electron chi connectivity index (χ2n) is 6.45. The highest BCUT2D eigenvalue weighted by Gasteiger charge is 2.22. The molecule has 0 saturated heterocycles. The Kier molecular flexibility index (Phi) is 4.23. The van der Waals surface area contributed by atoms with E-state index in [4.69, 9.17) is 10.6 Å². The predicted molar refractivity (Wildman–Crippen MR) is 112 cm³/mol. The summed E-state index contributed by atoms with van der Waals surface area (Å²) in [6, 6.07) is 17.0. The van der Waals surface area contributed by atoms with E-state index >= 15 is 0 Å². The number of fused-ring (bicyclic) bond motifs is 2. The fourth-order valence-corrected chi connectivity index (χ4v) is 3.06. The normalized spacial score (nSPS) is 12.3. The van der Waals surface area contributed by atoms with E-state index in [2.05, 4.69) is 31.2 Å². The van der Waals surface area contributed by atoms with Gasteiger partial charge in [0.25, 0.3) is 5.91 Å². The number of carbonyl (C=O) groups is 1. The number of nitrogens with two attached hydrogens (primary N) is 1. The van der Waals surface area contributed by atoms with Crippen LogP contribution in [0.2, 0.25) is 0 Å². The Bertz CT molecular complexity index is 1260. The lowest BCUT2D eigenvalue weighted by atomic mass is 10.2. The molecule has 0 spiro atoms. The molecule has 148 valence electrons. The zero-order valence-corrected chi connectivity index (χ0v) is 15.5. The smallest absolute Gasteiger partial charge is 0.347 e. The molecule has 0 bridgehead atoms. The van der Waals surface area contributed by atoms with Crippen LogP contribution < -0.4 is 32.0 Å². The molecule has 1 aliphatic heterocycles. The monoisotopic (exact) mass is 400 g/mol. The number of para-hydroxylation sites is 2. The summed E-state index contributed by atoms with van der Waals surface area (Å²) in [6.07, 6.45) is 3.05. The predicted octanol–water partition coefficient (Wildman–Crippen LogP) is 2.51. The number of anilines is 4. The van der Waals surface area contributed by atoms with Gasteiger partial charge in [0.05, 0.1) is 11.2 Å². The number of aromatic nitrogens is 3. The van der Waals surface area contributed by atoms with E-state index in [0.717, 1.165) is 22.3 Å². The minimum absolute atomic E-state index is 0.0240. The summed E-state index contributed by atoms with van der Waals surface area (Å²) in [4.78, 5) is 30.3. The van der Waals surface area contributed by atoms with E-state index in [9.17, 15) is 4.79 Å². The molecule has 1 amide bonds. The molecule has 10 heteroatoms. The number of nitrogens with one attached hydrogen (secondary N) is 3. The van der Waals surface area contributed by atoms with Crippen LogP contribution in [0.5, 0.6) is 6.01 Å². The molecule has 30 heavy (non-hydrogen) atoms. The third-order valence-electron chi connectivity index (χ3n) is 4.49. The molecule has 5 rings (SSSR count). The molecule has 0 atom stereocenters. The fraction of sp³-hybridized carbons (Fsp3) is 0. The number of amides is 1. The Morgan fingerprint density at radius 2 is 2.00 bits per heavy atom. The van der Waals surface area contributed by atoms with Crippen LogP contribution >= 0.6 is 0 Å². The van der Waals surface area contributed by atoms with E-state index in [-0.39, 0.29) is 17.4 Å². The van der Waals surface area contributed by atoms with Gasteiger partial charge in [0, 0.05) is 23.5 Å². The first-order valence-corrected chi connectivity index (χ1v) is 9.05. The van der Waals surface area contributed by atoms with Gasteiger partial charge in [0.15, 0.2) is 5.82 Å². The lowest BCUT2D eigenvalue weighted by Gasteiger charge is -2.17. The first kappa shape index (κ1) is 17.6. The third kappa shape index (κ3) is 3.27. The minimum atomic E-state index is -0.655. The number of carbonyl (C=O) groups excluding carboxylic acids is 1. The summed E-state index contributed by atoms with van der Waals surface area (Å²) >= 11 is 0.